The van der Waals surface area contributed by atoms with Crippen LogP contribution in [0.4, 0.5) is 5.69 Å². The first-order valence-corrected chi connectivity index (χ1v) is 8.94. The lowest BCUT2D eigenvalue weighted by atomic mass is 9.97. The number of carbonyl (C=O) groups is 2. The smallest absolute Gasteiger partial charge is 0.239 e. The largest absolute Gasteiger partial charge is 0.373 e. The molecule has 1 saturated heterocycles. The Morgan fingerprint density at radius 3 is 2.56 bits per heavy atom. The normalized spacial score (nSPS) is 18.9. The summed E-state index contributed by atoms with van der Waals surface area (Å²) in [5.74, 6) is -0.432. The van der Waals surface area contributed by atoms with Gasteiger partial charge in [0.05, 0.1) is 12.0 Å². The minimum atomic E-state index is -0.303. The number of nitrogens with zero attached hydrogens (tertiary/aromatic N) is 3. The van der Waals surface area contributed by atoms with E-state index in [1.807, 2.05) is 32.2 Å². The molecule has 1 heterocycles. The van der Waals surface area contributed by atoms with Crippen LogP contribution in [0, 0.1) is 5.92 Å². The topological polar surface area (TPSA) is 69.9 Å². The lowest BCUT2D eigenvalue weighted by Crippen LogP contribution is -2.51. The molecule has 6 nitrogen and oxygen atoms in total. The minimum Gasteiger partial charge on any atom is -0.373 e. The van der Waals surface area contributed by atoms with Crippen molar-refractivity contribution < 1.29 is 9.59 Å². The number of primary amides is 1. The molecule has 2 N–H and O–H groups in total. The molecule has 6 heteroatoms. The van der Waals surface area contributed by atoms with Gasteiger partial charge in [0.15, 0.2) is 0 Å². The minimum absolute atomic E-state index is 0.0795. The van der Waals surface area contributed by atoms with Crippen LogP contribution in [0.1, 0.15) is 19.8 Å². The fourth-order valence-corrected chi connectivity index (χ4v) is 3.18. The van der Waals surface area contributed by atoms with Crippen LogP contribution in [-0.2, 0) is 9.59 Å². The number of rotatable bonds is 7. The molecule has 0 bridgehead atoms. The van der Waals surface area contributed by atoms with Crippen molar-refractivity contribution in [2.24, 2.45) is 11.7 Å². The lowest BCUT2D eigenvalue weighted by molar-refractivity contribution is -0.139. The van der Waals surface area contributed by atoms with Gasteiger partial charge in [0, 0.05) is 38.9 Å². The Bertz CT molecular complexity index is 578. The molecular formula is C19H30N4O2. The molecular weight excluding hydrogens is 316 g/mol. The highest BCUT2D eigenvalue weighted by Gasteiger charge is 2.30. The van der Waals surface area contributed by atoms with Crippen molar-refractivity contribution in [1.29, 1.82) is 0 Å². The van der Waals surface area contributed by atoms with Crippen molar-refractivity contribution in [2.75, 3.05) is 45.2 Å². The summed E-state index contributed by atoms with van der Waals surface area (Å²) in [4.78, 5) is 30.2. The van der Waals surface area contributed by atoms with Gasteiger partial charge < -0.3 is 15.5 Å². The second kappa shape index (κ2) is 8.85. The van der Waals surface area contributed by atoms with E-state index in [0.29, 0.717) is 13.1 Å². The Morgan fingerprint density at radius 2 is 1.92 bits per heavy atom. The molecule has 0 spiro atoms. The van der Waals surface area contributed by atoms with Crippen LogP contribution in [0.5, 0.6) is 0 Å². The number of carbonyl (C=O) groups excluding carboxylic acids is 2. The van der Waals surface area contributed by atoms with Gasteiger partial charge in [0.25, 0.3) is 0 Å². The molecule has 2 amide bonds. The number of hydrogen-bond donors (Lipinski definition) is 1. The molecule has 1 aliphatic heterocycles. The summed E-state index contributed by atoms with van der Waals surface area (Å²) in [5, 5.41) is 0. The average molecular weight is 346 g/mol. The van der Waals surface area contributed by atoms with Crippen molar-refractivity contribution in [3.63, 3.8) is 0 Å². The van der Waals surface area contributed by atoms with Crippen molar-refractivity contribution in [1.82, 2.24) is 9.80 Å². The molecule has 138 valence electrons. The third-order valence-corrected chi connectivity index (χ3v) is 5.14. The van der Waals surface area contributed by atoms with Crippen LogP contribution in [0.2, 0.25) is 0 Å². The molecule has 1 aliphatic rings. The Morgan fingerprint density at radius 1 is 1.24 bits per heavy atom. The number of likely N-dealkylation sites (tertiary alicyclic amines) is 1. The number of hydrogen-bond acceptors (Lipinski definition) is 4. The first kappa shape index (κ1) is 19.2. The first-order valence-electron chi connectivity index (χ1n) is 8.94. The standard InChI is InChI=1S/C19H30N4O2/c1-15(19(25)23-11-7-8-16(14-23)18(20)24)21(2)12-13-22(3)17-9-5-4-6-10-17/h4-6,9-10,15-16H,7-8,11-14H2,1-3H3,(H2,20,24)/t15-,16+/m0/s1. The van der Waals surface area contributed by atoms with E-state index < -0.39 is 0 Å². The van der Waals surface area contributed by atoms with Gasteiger partial charge in [-0.2, -0.15) is 0 Å². The third kappa shape index (κ3) is 5.19. The summed E-state index contributed by atoms with van der Waals surface area (Å²) in [5.41, 5.74) is 6.57. The quantitative estimate of drug-likeness (QED) is 0.804. The zero-order valence-corrected chi connectivity index (χ0v) is 15.5. The Labute approximate surface area is 150 Å². The molecule has 2 atom stereocenters. The van der Waals surface area contributed by atoms with Gasteiger partial charge in [-0.15, -0.1) is 0 Å². The maximum atomic E-state index is 12.7. The summed E-state index contributed by atoms with van der Waals surface area (Å²) in [6.07, 6.45) is 1.62. The van der Waals surface area contributed by atoms with Crippen molar-refractivity contribution in [2.45, 2.75) is 25.8 Å². The van der Waals surface area contributed by atoms with Crippen LogP contribution in [0.25, 0.3) is 0 Å². The molecule has 1 fully saturated rings. The average Bonchev–Trinajstić information content (AvgIpc) is 2.65. The van der Waals surface area contributed by atoms with Gasteiger partial charge in [0.1, 0.15) is 0 Å². The number of piperidine rings is 1. The fraction of sp³-hybridized carbons (Fsp3) is 0.579. The zero-order valence-electron chi connectivity index (χ0n) is 15.5. The highest BCUT2D eigenvalue weighted by molar-refractivity contribution is 5.83. The van der Waals surface area contributed by atoms with Gasteiger partial charge in [-0.25, -0.2) is 0 Å². The van der Waals surface area contributed by atoms with Gasteiger partial charge in [-0.3, -0.25) is 14.5 Å². The molecule has 0 radical (unpaired) electrons. The highest BCUT2D eigenvalue weighted by Crippen LogP contribution is 2.18. The molecule has 0 aliphatic carbocycles. The monoisotopic (exact) mass is 346 g/mol. The van der Waals surface area contributed by atoms with Crippen LogP contribution in [0.3, 0.4) is 0 Å². The van der Waals surface area contributed by atoms with Crippen LogP contribution in [0.15, 0.2) is 30.3 Å². The van der Waals surface area contributed by atoms with Crippen molar-refractivity contribution >= 4 is 17.5 Å². The van der Waals surface area contributed by atoms with E-state index >= 15 is 0 Å². The molecule has 1 aromatic rings. The second-order valence-corrected chi connectivity index (χ2v) is 6.94. The highest BCUT2D eigenvalue weighted by atomic mass is 16.2. The summed E-state index contributed by atoms with van der Waals surface area (Å²) in [6.45, 7) is 4.72. The SMILES string of the molecule is C[C@@H](C(=O)N1CCC[C@@H](C(N)=O)C1)N(C)CCN(C)c1ccccc1. The number of para-hydroxylation sites is 1. The van der Waals surface area contributed by atoms with Crippen molar-refractivity contribution in [3.05, 3.63) is 30.3 Å². The van der Waals surface area contributed by atoms with Gasteiger partial charge >= 0.3 is 0 Å². The Hall–Kier alpha value is -2.08. The maximum absolute atomic E-state index is 12.7. The fourth-order valence-electron chi connectivity index (χ4n) is 3.18. The molecule has 0 aromatic heterocycles. The summed E-state index contributed by atoms with van der Waals surface area (Å²) >= 11 is 0. The van der Waals surface area contributed by atoms with E-state index in [9.17, 15) is 9.59 Å². The maximum Gasteiger partial charge on any atom is 0.239 e. The van der Waals surface area contributed by atoms with Gasteiger partial charge in [-0.1, -0.05) is 18.2 Å². The number of nitrogens with two attached hydrogens (primary N) is 1. The van der Waals surface area contributed by atoms with Gasteiger partial charge in [-0.05, 0) is 38.9 Å². The molecule has 0 unspecified atom stereocenters. The van der Waals surface area contributed by atoms with Crippen molar-refractivity contribution in [3.8, 4) is 0 Å². The molecule has 25 heavy (non-hydrogen) atoms. The Balaban J connectivity index is 1.85. The first-order chi connectivity index (χ1) is 11.9. The Kier molecular flexibility index (Phi) is 6.82. The van der Waals surface area contributed by atoms with Crippen LogP contribution < -0.4 is 10.6 Å². The lowest BCUT2D eigenvalue weighted by Gasteiger charge is -2.35. The van der Waals surface area contributed by atoms with E-state index in [-0.39, 0.29) is 23.8 Å². The predicted molar refractivity (Wildman–Crippen MR) is 100 cm³/mol. The van der Waals surface area contributed by atoms with E-state index in [2.05, 4.69) is 29.0 Å². The number of likely N-dealkylation sites (N-methyl/N-ethyl adjacent to an activating group) is 2. The second-order valence-electron chi connectivity index (χ2n) is 6.94. The number of benzene rings is 1. The van der Waals surface area contributed by atoms with E-state index in [4.69, 9.17) is 5.73 Å². The van der Waals surface area contributed by atoms with Gasteiger partial charge in [0.2, 0.25) is 11.8 Å². The van der Waals surface area contributed by atoms with Crippen LogP contribution >= 0.6 is 0 Å². The summed E-state index contributed by atoms with van der Waals surface area (Å²) < 4.78 is 0. The molecule has 0 saturated carbocycles. The summed E-state index contributed by atoms with van der Waals surface area (Å²) in [6, 6.07) is 9.98. The molecule has 2 rings (SSSR count). The van der Waals surface area contributed by atoms with E-state index in [1.54, 1.807) is 4.90 Å². The third-order valence-electron chi connectivity index (χ3n) is 5.14. The zero-order chi connectivity index (χ0) is 18.4. The van der Waals surface area contributed by atoms with E-state index in [1.165, 1.54) is 0 Å². The van der Waals surface area contributed by atoms with E-state index in [0.717, 1.165) is 31.6 Å². The predicted octanol–water partition coefficient (Wildman–Crippen LogP) is 1.17. The number of amides is 2. The summed E-state index contributed by atoms with van der Waals surface area (Å²) in [7, 11) is 4.02. The molecule has 1 aromatic carbocycles. The number of anilines is 1. The van der Waals surface area contributed by atoms with Crippen LogP contribution in [-0.4, -0.2) is 67.9 Å².